The Kier molecular flexibility index (Phi) is 4.55. The first-order chi connectivity index (χ1) is 10.7. The van der Waals surface area contributed by atoms with Gasteiger partial charge in [0.2, 0.25) is 0 Å². The molecule has 1 N–H and O–H groups in total. The Hall–Kier alpha value is -1.72. The number of imide groups is 1. The molecule has 5 nitrogen and oxygen atoms in total. The zero-order chi connectivity index (χ0) is 15.5. The smallest absolute Gasteiger partial charge is 0.261 e. The minimum Gasteiger partial charge on any atom is -0.383 e. The quantitative estimate of drug-likeness (QED) is 0.666. The lowest BCUT2D eigenvalue weighted by atomic mass is 9.90. The maximum atomic E-state index is 12.5. The predicted octanol–water partition coefficient (Wildman–Crippen LogP) is 1.83. The number of benzene rings is 1. The Labute approximate surface area is 130 Å². The molecule has 0 atom stereocenters. The van der Waals surface area contributed by atoms with E-state index in [1.807, 2.05) is 12.1 Å². The van der Waals surface area contributed by atoms with Crippen molar-refractivity contribution in [1.82, 2.24) is 10.2 Å². The zero-order valence-corrected chi connectivity index (χ0v) is 12.9. The molecule has 1 heterocycles. The Balaban J connectivity index is 1.61. The summed E-state index contributed by atoms with van der Waals surface area (Å²) < 4.78 is 5.04. The molecule has 1 aliphatic heterocycles. The van der Waals surface area contributed by atoms with Crippen LogP contribution < -0.4 is 5.32 Å². The summed E-state index contributed by atoms with van der Waals surface area (Å²) in [5.74, 6) is -0.257. The van der Waals surface area contributed by atoms with Crippen LogP contribution in [-0.2, 0) is 4.74 Å². The summed E-state index contributed by atoms with van der Waals surface area (Å²) in [6.07, 6.45) is 3.72. The van der Waals surface area contributed by atoms with Crippen molar-refractivity contribution in [3.8, 4) is 0 Å². The van der Waals surface area contributed by atoms with Crippen LogP contribution in [0.3, 0.4) is 0 Å². The van der Waals surface area contributed by atoms with Crippen LogP contribution in [0.4, 0.5) is 0 Å². The van der Waals surface area contributed by atoms with Crippen molar-refractivity contribution >= 4 is 11.8 Å². The number of ether oxygens (including phenoxy) is 1. The zero-order valence-electron chi connectivity index (χ0n) is 12.9. The summed E-state index contributed by atoms with van der Waals surface area (Å²) in [7, 11) is 1.70. The Morgan fingerprint density at radius 3 is 2.23 bits per heavy atom. The second kappa shape index (κ2) is 6.58. The Morgan fingerprint density at radius 1 is 1.09 bits per heavy atom. The molecule has 0 bridgehead atoms. The largest absolute Gasteiger partial charge is 0.383 e. The molecule has 0 radical (unpaired) electrons. The standard InChI is InChI=1S/C17H22N2O3/c1-22-11-10-18-12-6-8-13(9-7-12)19-16(20)14-4-2-3-5-15(14)17(19)21/h2-5,12-13,18H,6-11H2,1H3. The molecule has 2 aliphatic rings. The molecule has 1 aromatic rings. The minimum absolute atomic E-state index is 0.0351. The SMILES string of the molecule is COCCNC1CCC(N2C(=O)c3ccccc3C2=O)CC1. The van der Waals surface area contributed by atoms with E-state index in [2.05, 4.69) is 5.32 Å². The second-order valence-corrected chi connectivity index (χ2v) is 5.98. The van der Waals surface area contributed by atoms with Gasteiger partial charge in [-0.2, -0.15) is 0 Å². The highest BCUT2D eigenvalue weighted by Gasteiger charge is 2.40. The number of methoxy groups -OCH3 is 1. The van der Waals surface area contributed by atoms with Crippen LogP contribution in [0.25, 0.3) is 0 Å². The number of fused-ring (bicyclic) bond motifs is 1. The highest BCUT2D eigenvalue weighted by molar-refractivity contribution is 6.21. The third kappa shape index (κ3) is 2.78. The van der Waals surface area contributed by atoms with E-state index >= 15 is 0 Å². The Morgan fingerprint density at radius 2 is 1.68 bits per heavy atom. The van der Waals surface area contributed by atoms with Crippen molar-refractivity contribution in [2.24, 2.45) is 0 Å². The van der Waals surface area contributed by atoms with Gasteiger partial charge in [0.1, 0.15) is 0 Å². The van der Waals surface area contributed by atoms with Crippen LogP contribution in [0, 0.1) is 0 Å². The predicted molar refractivity (Wildman–Crippen MR) is 82.9 cm³/mol. The van der Waals surface area contributed by atoms with E-state index in [4.69, 9.17) is 4.74 Å². The molecule has 22 heavy (non-hydrogen) atoms. The molecule has 0 unspecified atom stereocenters. The van der Waals surface area contributed by atoms with Crippen molar-refractivity contribution in [1.29, 1.82) is 0 Å². The van der Waals surface area contributed by atoms with Gasteiger partial charge in [-0.3, -0.25) is 14.5 Å². The number of carbonyl (C=O) groups excluding carboxylic acids is 2. The van der Waals surface area contributed by atoms with E-state index < -0.39 is 0 Å². The van der Waals surface area contributed by atoms with Crippen LogP contribution in [-0.4, -0.2) is 49.1 Å². The number of amides is 2. The maximum absolute atomic E-state index is 12.5. The summed E-state index contributed by atoms with van der Waals surface area (Å²) in [5.41, 5.74) is 1.10. The molecular formula is C17H22N2O3. The van der Waals surface area contributed by atoms with Crippen molar-refractivity contribution in [2.45, 2.75) is 37.8 Å². The number of nitrogens with zero attached hydrogens (tertiary/aromatic N) is 1. The Bertz CT molecular complexity index is 530. The molecule has 1 aromatic carbocycles. The number of hydrogen-bond donors (Lipinski definition) is 1. The average molecular weight is 302 g/mol. The summed E-state index contributed by atoms with van der Waals surface area (Å²) in [6, 6.07) is 7.60. The van der Waals surface area contributed by atoms with Gasteiger partial charge >= 0.3 is 0 Å². The van der Waals surface area contributed by atoms with Crippen molar-refractivity contribution in [3.05, 3.63) is 35.4 Å². The molecule has 1 fully saturated rings. The van der Waals surface area contributed by atoms with Gasteiger partial charge in [0.05, 0.1) is 17.7 Å². The van der Waals surface area contributed by atoms with E-state index in [-0.39, 0.29) is 17.9 Å². The van der Waals surface area contributed by atoms with Gasteiger partial charge in [0.25, 0.3) is 11.8 Å². The van der Waals surface area contributed by atoms with E-state index in [0.717, 1.165) is 32.2 Å². The minimum atomic E-state index is -0.128. The van der Waals surface area contributed by atoms with Gasteiger partial charge < -0.3 is 10.1 Å². The lowest BCUT2D eigenvalue weighted by molar-refractivity contribution is 0.0537. The molecule has 0 aromatic heterocycles. The van der Waals surface area contributed by atoms with E-state index in [1.54, 1.807) is 19.2 Å². The second-order valence-electron chi connectivity index (χ2n) is 5.98. The van der Waals surface area contributed by atoms with E-state index in [1.165, 1.54) is 4.90 Å². The van der Waals surface area contributed by atoms with Crippen LogP contribution in [0.2, 0.25) is 0 Å². The molecule has 118 valence electrons. The van der Waals surface area contributed by atoms with Gasteiger partial charge in [0, 0.05) is 25.7 Å². The normalized spacial score (nSPS) is 24.7. The molecule has 0 saturated heterocycles. The van der Waals surface area contributed by atoms with Gasteiger partial charge in [-0.1, -0.05) is 12.1 Å². The molecule has 2 amide bonds. The van der Waals surface area contributed by atoms with Crippen molar-refractivity contribution < 1.29 is 14.3 Å². The van der Waals surface area contributed by atoms with Gasteiger partial charge in [-0.15, -0.1) is 0 Å². The molecule has 5 heteroatoms. The highest BCUT2D eigenvalue weighted by atomic mass is 16.5. The summed E-state index contributed by atoms with van der Waals surface area (Å²) in [4.78, 5) is 26.4. The number of rotatable bonds is 5. The number of hydrogen-bond acceptors (Lipinski definition) is 4. The van der Waals surface area contributed by atoms with Crippen LogP contribution in [0.1, 0.15) is 46.4 Å². The molecule has 3 rings (SSSR count). The van der Waals surface area contributed by atoms with Crippen LogP contribution in [0.5, 0.6) is 0 Å². The van der Waals surface area contributed by atoms with Gasteiger partial charge in [-0.05, 0) is 37.8 Å². The topological polar surface area (TPSA) is 58.6 Å². The fourth-order valence-electron chi connectivity index (χ4n) is 3.44. The monoisotopic (exact) mass is 302 g/mol. The van der Waals surface area contributed by atoms with E-state index in [0.29, 0.717) is 23.8 Å². The first-order valence-corrected chi connectivity index (χ1v) is 7.91. The molecule has 1 aliphatic carbocycles. The van der Waals surface area contributed by atoms with Gasteiger partial charge in [0.15, 0.2) is 0 Å². The fraction of sp³-hybridized carbons (Fsp3) is 0.529. The van der Waals surface area contributed by atoms with Crippen LogP contribution in [0.15, 0.2) is 24.3 Å². The summed E-state index contributed by atoms with van der Waals surface area (Å²) in [6.45, 7) is 1.55. The third-order valence-electron chi connectivity index (χ3n) is 4.63. The van der Waals surface area contributed by atoms with Crippen molar-refractivity contribution in [2.75, 3.05) is 20.3 Å². The fourth-order valence-corrected chi connectivity index (χ4v) is 3.44. The van der Waals surface area contributed by atoms with Gasteiger partial charge in [-0.25, -0.2) is 0 Å². The lowest BCUT2D eigenvalue weighted by Crippen LogP contribution is -2.45. The molecular weight excluding hydrogens is 280 g/mol. The first kappa shape index (κ1) is 15.2. The molecule has 0 spiro atoms. The van der Waals surface area contributed by atoms with Crippen molar-refractivity contribution in [3.63, 3.8) is 0 Å². The third-order valence-corrected chi connectivity index (χ3v) is 4.63. The lowest BCUT2D eigenvalue weighted by Gasteiger charge is -2.33. The molecule has 1 saturated carbocycles. The van der Waals surface area contributed by atoms with Crippen LogP contribution >= 0.6 is 0 Å². The maximum Gasteiger partial charge on any atom is 0.261 e. The summed E-state index contributed by atoms with van der Waals surface area (Å²) in [5, 5.41) is 3.46. The summed E-state index contributed by atoms with van der Waals surface area (Å²) >= 11 is 0. The highest BCUT2D eigenvalue weighted by Crippen LogP contribution is 2.30. The number of carbonyl (C=O) groups is 2. The van der Waals surface area contributed by atoms with E-state index in [9.17, 15) is 9.59 Å². The average Bonchev–Trinajstić information content (AvgIpc) is 2.81. The first-order valence-electron chi connectivity index (χ1n) is 7.91. The number of nitrogens with one attached hydrogen (secondary N) is 1.